The van der Waals surface area contributed by atoms with E-state index in [2.05, 4.69) is 5.32 Å². The molecule has 2 atom stereocenters. The zero-order valence-corrected chi connectivity index (χ0v) is 19.4. The Kier molecular flexibility index (Phi) is 9.65. The van der Waals surface area contributed by atoms with E-state index in [9.17, 15) is 14.7 Å². The van der Waals surface area contributed by atoms with Gasteiger partial charge in [0.1, 0.15) is 24.2 Å². The SMILES string of the molecule is CC(=O)c1ccc(NC(=O)O[C@@H](c2cccc(OCCO)c2)[C@H](CCO)Oc2ccccc2)cc1. The van der Waals surface area contributed by atoms with Crippen LogP contribution in [0.25, 0.3) is 0 Å². The first-order valence-electron chi connectivity index (χ1n) is 11.2. The molecule has 8 heteroatoms. The van der Waals surface area contributed by atoms with Crippen molar-refractivity contribution in [2.75, 3.05) is 25.1 Å². The smallest absolute Gasteiger partial charge is 0.412 e. The Morgan fingerprint density at radius 3 is 2.26 bits per heavy atom. The van der Waals surface area contributed by atoms with Crippen LogP contribution < -0.4 is 14.8 Å². The van der Waals surface area contributed by atoms with E-state index in [-0.39, 0.29) is 32.0 Å². The average molecular weight is 480 g/mol. The molecule has 1 amide bonds. The molecule has 3 rings (SSSR count). The Morgan fingerprint density at radius 2 is 1.60 bits per heavy atom. The van der Waals surface area contributed by atoms with Gasteiger partial charge in [0.05, 0.1) is 6.61 Å². The first kappa shape index (κ1) is 25.7. The van der Waals surface area contributed by atoms with Crippen molar-refractivity contribution in [3.05, 3.63) is 90.0 Å². The lowest BCUT2D eigenvalue weighted by molar-refractivity contribution is 0.00897. The molecule has 0 aromatic heterocycles. The molecule has 0 heterocycles. The summed E-state index contributed by atoms with van der Waals surface area (Å²) in [5.74, 6) is 0.979. The summed E-state index contributed by atoms with van der Waals surface area (Å²) in [5.41, 5.74) is 1.58. The van der Waals surface area contributed by atoms with Crippen molar-refractivity contribution in [1.82, 2.24) is 0 Å². The fourth-order valence-electron chi connectivity index (χ4n) is 3.43. The van der Waals surface area contributed by atoms with Crippen molar-refractivity contribution < 1.29 is 34.0 Å². The van der Waals surface area contributed by atoms with Crippen molar-refractivity contribution in [3.63, 3.8) is 0 Å². The number of ether oxygens (including phenoxy) is 3. The van der Waals surface area contributed by atoms with Crippen LogP contribution in [0, 0.1) is 0 Å². The number of hydrogen-bond acceptors (Lipinski definition) is 7. The molecule has 0 unspecified atom stereocenters. The summed E-state index contributed by atoms with van der Waals surface area (Å²) in [6.45, 7) is 1.26. The van der Waals surface area contributed by atoms with Crippen molar-refractivity contribution in [2.24, 2.45) is 0 Å². The van der Waals surface area contributed by atoms with Crippen LogP contribution in [0.5, 0.6) is 11.5 Å². The zero-order chi connectivity index (χ0) is 25.0. The molecule has 35 heavy (non-hydrogen) atoms. The summed E-state index contributed by atoms with van der Waals surface area (Å²) in [6, 6.07) is 22.5. The van der Waals surface area contributed by atoms with Gasteiger partial charge < -0.3 is 24.4 Å². The summed E-state index contributed by atoms with van der Waals surface area (Å²) in [4.78, 5) is 24.3. The van der Waals surface area contributed by atoms with E-state index in [4.69, 9.17) is 19.3 Å². The Labute approximate surface area is 204 Å². The number of nitrogens with one attached hydrogen (secondary N) is 1. The molecule has 0 saturated carbocycles. The first-order chi connectivity index (χ1) is 17.0. The van der Waals surface area contributed by atoms with E-state index in [1.165, 1.54) is 6.92 Å². The molecule has 3 aromatic carbocycles. The minimum Gasteiger partial charge on any atom is -0.491 e. The van der Waals surface area contributed by atoms with Crippen molar-refractivity contribution in [1.29, 1.82) is 0 Å². The zero-order valence-electron chi connectivity index (χ0n) is 19.4. The molecule has 0 fully saturated rings. The van der Waals surface area contributed by atoms with Gasteiger partial charge in [-0.15, -0.1) is 0 Å². The number of aliphatic hydroxyl groups is 2. The number of ketones is 1. The molecule has 0 aliphatic heterocycles. The van der Waals surface area contributed by atoms with Crippen molar-refractivity contribution >= 4 is 17.6 Å². The van der Waals surface area contributed by atoms with Crippen molar-refractivity contribution in [3.8, 4) is 11.5 Å². The Bertz CT molecular complexity index is 1090. The second kappa shape index (κ2) is 13.1. The predicted octanol–water partition coefficient (Wildman–Crippen LogP) is 4.38. The van der Waals surface area contributed by atoms with Crippen LogP contribution in [0.2, 0.25) is 0 Å². The number of benzene rings is 3. The fraction of sp³-hybridized carbons (Fsp3) is 0.259. The fourth-order valence-corrected chi connectivity index (χ4v) is 3.43. The quantitative estimate of drug-likeness (QED) is 0.330. The van der Waals surface area contributed by atoms with Crippen LogP contribution in [-0.2, 0) is 4.74 Å². The van der Waals surface area contributed by atoms with Gasteiger partial charge in [-0.1, -0.05) is 30.3 Å². The van der Waals surface area contributed by atoms with Gasteiger partial charge in [-0.2, -0.15) is 0 Å². The highest BCUT2D eigenvalue weighted by molar-refractivity contribution is 5.95. The van der Waals surface area contributed by atoms with E-state index in [0.29, 0.717) is 28.3 Å². The van der Waals surface area contributed by atoms with Gasteiger partial charge >= 0.3 is 6.09 Å². The van der Waals surface area contributed by atoms with Crippen molar-refractivity contribution in [2.45, 2.75) is 25.6 Å². The molecular formula is C27H29NO7. The van der Waals surface area contributed by atoms with Gasteiger partial charge in [-0.25, -0.2) is 4.79 Å². The van der Waals surface area contributed by atoms with Crippen LogP contribution in [0.4, 0.5) is 10.5 Å². The normalized spacial score (nSPS) is 12.3. The molecule has 3 N–H and O–H groups in total. The lowest BCUT2D eigenvalue weighted by Crippen LogP contribution is -2.31. The highest BCUT2D eigenvalue weighted by Gasteiger charge is 2.29. The number of hydrogen-bond donors (Lipinski definition) is 3. The second-order valence-corrected chi connectivity index (χ2v) is 7.71. The van der Waals surface area contributed by atoms with Gasteiger partial charge in [0, 0.05) is 24.3 Å². The largest absolute Gasteiger partial charge is 0.491 e. The number of anilines is 1. The van der Waals surface area contributed by atoms with Gasteiger partial charge in [-0.3, -0.25) is 10.1 Å². The molecule has 0 bridgehead atoms. The van der Waals surface area contributed by atoms with E-state index in [1.54, 1.807) is 60.7 Å². The standard InChI is InChI=1S/C27H29NO7/c1-19(31)20-10-12-22(13-11-20)28-27(32)35-26(21-6-5-9-24(18-21)33-17-16-30)25(14-15-29)34-23-7-3-2-4-8-23/h2-13,18,25-26,29-30H,14-17H2,1H3,(H,28,32)/t25-,26-/m0/s1. The summed E-state index contributed by atoms with van der Waals surface area (Å²) >= 11 is 0. The topological polar surface area (TPSA) is 114 Å². The second-order valence-electron chi connectivity index (χ2n) is 7.71. The molecule has 0 radical (unpaired) electrons. The Hall–Kier alpha value is -3.88. The van der Waals surface area contributed by atoms with Crippen LogP contribution in [0.3, 0.4) is 0 Å². The monoisotopic (exact) mass is 479 g/mol. The minimum absolute atomic E-state index is 0.0765. The Morgan fingerprint density at radius 1 is 0.886 bits per heavy atom. The summed E-state index contributed by atoms with van der Waals surface area (Å²) < 4.78 is 17.4. The van der Waals surface area contributed by atoms with Crippen LogP contribution in [-0.4, -0.2) is 48.0 Å². The number of rotatable bonds is 12. The number of carbonyl (C=O) groups excluding carboxylic acids is 2. The third-order valence-electron chi connectivity index (χ3n) is 5.10. The molecule has 0 aliphatic rings. The van der Waals surface area contributed by atoms with E-state index in [1.807, 2.05) is 18.2 Å². The molecule has 0 aliphatic carbocycles. The maximum absolute atomic E-state index is 12.9. The van der Waals surface area contributed by atoms with E-state index in [0.717, 1.165) is 0 Å². The lowest BCUT2D eigenvalue weighted by atomic mass is 10.0. The highest BCUT2D eigenvalue weighted by Crippen LogP contribution is 2.30. The number of Topliss-reactive ketones (excluding diaryl/α,β-unsaturated/α-hetero) is 1. The lowest BCUT2D eigenvalue weighted by Gasteiger charge is -2.28. The molecule has 8 nitrogen and oxygen atoms in total. The molecule has 3 aromatic rings. The van der Waals surface area contributed by atoms with E-state index < -0.39 is 18.3 Å². The van der Waals surface area contributed by atoms with Crippen LogP contribution in [0.1, 0.15) is 35.4 Å². The third kappa shape index (κ3) is 7.84. The summed E-state index contributed by atoms with van der Waals surface area (Å²) in [6.07, 6.45) is -2.13. The first-order valence-corrected chi connectivity index (χ1v) is 11.2. The van der Waals surface area contributed by atoms with Gasteiger partial charge in [0.15, 0.2) is 11.9 Å². The van der Waals surface area contributed by atoms with Gasteiger partial charge in [-0.05, 0) is 61.0 Å². The summed E-state index contributed by atoms with van der Waals surface area (Å²) in [5, 5.41) is 21.4. The minimum atomic E-state index is -0.892. The number of para-hydroxylation sites is 1. The maximum Gasteiger partial charge on any atom is 0.412 e. The van der Waals surface area contributed by atoms with Crippen LogP contribution >= 0.6 is 0 Å². The number of aliphatic hydroxyl groups excluding tert-OH is 2. The molecule has 0 saturated heterocycles. The van der Waals surface area contributed by atoms with Gasteiger partial charge in [0.25, 0.3) is 0 Å². The Balaban J connectivity index is 1.85. The molecular weight excluding hydrogens is 450 g/mol. The maximum atomic E-state index is 12.9. The highest BCUT2D eigenvalue weighted by atomic mass is 16.6. The molecule has 184 valence electrons. The number of amides is 1. The van der Waals surface area contributed by atoms with E-state index >= 15 is 0 Å². The van der Waals surface area contributed by atoms with Crippen LogP contribution in [0.15, 0.2) is 78.9 Å². The predicted molar refractivity (Wildman–Crippen MR) is 131 cm³/mol. The molecule has 0 spiro atoms. The average Bonchev–Trinajstić information content (AvgIpc) is 2.87. The number of carbonyl (C=O) groups is 2. The third-order valence-corrected chi connectivity index (χ3v) is 5.10. The summed E-state index contributed by atoms with van der Waals surface area (Å²) in [7, 11) is 0. The van der Waals surface area contributed by atoms with Gasteiger partial charge in [0.2, 0.25) is 0 Å².